The summed E-state index contributed by atoms with van der Waals surface area (Å²) in [5.74, 6) is -1.28. The fraction of sp³-hybridized carbons (Fsp3) is 0.364. The lowest BCUT2D eigenvalue weighted by molar-refractivity contribution is -0.138. The summed E-state index contributed by atoms with van der Waals surface area (Å²) in [5, 5.41) is 11.9. The van der Waals surface area contributed by atoms with Crippen LogP contribution in [0.3, 0.4) is 0 Å². The zero-order valence-electron chi connectivity index (χ0n) is 9.00. The molecule has 0 aromatic heterocycles. The maximum Gasteiger partial charge on any atom is 0.326 e. The Balaban J connectivity index is 2.90. The van der Waals surface area contributed by atoms with Crippen molar-refractivity contribution >= 4 is 34.2 Å². The molecule has 1 atom stereocenters. The monoisotopic (exact) mass is 337 g/mol. The first-order chi connectivity index (χ1) is 7.41. The second-order valence-electron chi connectivity index (χ2n) is 3.83. The molecule has 1 aromatic carbocycles. The van der Waals surface area contributed by atoms with Gasteiger partial charge in [-0.3, -0.25) is 0 Å². The smallest absolute Gasteiger partial charge is 0.326 e. The van der Waals surface area contributed by atoms with Gasteiger partial charge in [0.2, 0.25) is 0 Å². The summed E-state index contributed by atoms with van der Waals surface area (Å²) in [5.41, 5.74) is 0.642. The van der Waals surface area contributed by atoms with Gasteiger partial charge in [0, 0.05) is 9.26 Å². The normalized spacial score (nSPS) is 12.6. The molecule has 0 heterocycles. The molecule has 0 amide bonds. The molecule has 1 aromatic rings. The van der Waals surface area contributed by atoms with E-state index >= 15 is 0 Å². The Morgan fingerprint density at radius 3 is 2.56 bits per heavy atom. The van der Waals surface area contributed by atoms with Crippen molar-refractivity contribution in [3.63, 3.8) is 0 Å². The van der Waals surface area contributed by atoms with Crippen molar-refractivity contribution in [1.82, 2.24) is 0 Å². The van der Waals surface area contributed by atoms with Crippen LogP contribution in [0, 0.1) is 15.3 Å². The molecule has 88 valence electrons. The highest BCUT2D eigenvalue weighted by Crippen LogP contribution is 2.21. The number of carboxylic acids is 1. The number of hydrogen-bond donors (Lipinski definition) is 2. The minimum absolute atomic E-state index is 0.0432. The Morgan fingerprint density at radius 2 is 2.12 bits per heavy atom. The second kappa shape index (κ2) is 5.47. The van der Waals surface area contributed by atoms with Crippen molar-refractivity contribution in [3.8, 4) is 0 Å². The first-order valence-electron chi connectivity index (χ1n) is 4.86. The molecule has 0 saturated heterocycles. The molecule has 2 N–H and O–H groups in total. The quantitative estimate of drug-likeness (QED) is 0.831. The molecular weight excluding hydrogens is 324 g/mol. The highest BCUT2D eigenvalue weighted by atomic mass is 127. The van der Waals surface area contributed by atoms with Crippen LogP contribution in [0.5, 0.6) is 0 Å². The third kappa shape index (κ3) is 3.33. The number of anilines is 1. The van der Waals surface area contributed by atoms with Crippen LogP contribution in [0.25, 0.3) is 0 Å². The molecular formula is C11H13FINO2. The van der Waals surface area contributed by atoms with Crippen LogP contribution in [0.15, 0.2) is 18.2 Å². The van der Waals surface area contributed by atoms with Crippen LogP contribution in [0.2, 0.25) is 0 Å². The zero-order valence-corrected chi connectivity index (χ0v) is 11.2. The van der Waals surface area contributed by atoms with Crippen LogP contribution in [0.4, 0.5) is 10.1 Å². The first kappa shape index (κ1) is 13.2. The van der Waals surface area contributed by atoms with Gasteiger partial charge in [0.05, 0.1) is 0 Å². The standard InChI is InChI=1S/C11H13FINO2/c1-6(2)10(11(15)16)14-9-4-3-7(12)5-8(9)13/h3-6,10,14H,1-2H3,(H,15,16). The van der Waals surface area contributed by atoms with Crippen LogP contribution in [-0.2, 0) is 4.79 Å². The van der Waals surface area contributed by atoms with E-state index in [2.05, 4.69) is 5.32 Å². The number of halogens is 2. The van der Waals surface area contributed by atoms with Crippen molar-refractivity contribution in [2.45, 2.75) is 19.9 Å². The van der Waals surface area contributed by atoms with Crippen molar-refractivity contribution in [1.29, 1.82) is 0 Å². The average Bonchev–Trinajstić information content (AvgIpc) is 2.15. The molecule has 0 bridgehead atoms. The molecule has 0 radical (unpaired) electrons. The summed E-state index contributed by atoms with van der Waals surface area (Å²) < 4.78 is 13.5. The molecule has 0 aliphatic rings. The van der Waals surface area contributed by atoms with E-state index in [1.54, 1.807) is 6.07 Å². The Kier molecular flexibility index (Phi) is 4.52. The summed E-state index contributed by atoms with van der Waals surface area (Å²) in [6.45, 7) is 3.64. The molecule has 1 unspecified atom stereocenters. The lowest BCUT2D eigenvalue weighted by Gasteiger charge is -2.19. The predicted octanol–water partition coefficient (Wildman–Crippen LogP) is 2.95. The van der Waals surface area contributed by atoms with Gasteiger partial charge < -0.3 is 10.4 Å². The van der Waals surface area contributed by atoms with Crippen molar-refractivity contribution in [2.24, 2.45) is 5.92 Å². The van der Waals surface area contributed by atoms with E-state index in [0.717, 1.165) is 0 Å². The predicted molar refractivity (Wildman–Crippen MR) is 69.0 cm³/mol. The van der Waals surface area contributed by atoms with Gasteiger partial charge in [-0.15, -0.1) is 0 Å². The number of rotatable bonds is 4. The van der Waals surface area contributed by atoms with E-state index < -0.39 is 12.0 Å². The van der Waals surface area contributed by atoms with E-state index in [1.807, 2.05) is 36.4 Å². The first-order valence-corrected chi connectivity index (χ1v) is 5.94. The molecule has 1 rings (SSSR count). The molecule has 0 saturated carbocycles. The van der Waals surface area contributed by atoms with Gasteiger partial charge in [-0.25, -0.2) is 9.18 Å². The number of aliphatic carboxylic acids is 1. The Labute approximate surface area is 107 Å². The minimum Gasteiger partial charge on any atom is -0.480 e. The van der Waals surface area contributed by atoms with E-state index in [4.69, 9.17) is 5.11 Å². The van der Waals surface area contributed by atoms with Crippen molar-refractivity contribution in [2.75, 3.05) is 5.32 Å². The van der Waals surface area contributed by atoms with Gasteiger partial charge >= 0.3 is 5.97 Å². The largest absolute Gasteiger partial charge is 0.480 e. The van der Waals surface area contributed by atoms with Crippen LogP contribution in [-0.4, -0.2) is 17.1 Å². The molecule has 3 nitrogen and oxygen atoms in total. The third-order valence-electron chi connectivity index (χ3n) is 2.17. The molecule has 0 fully saturated rings. The summed E-state index contributed by atoms with van der Waals surface area (Å²) in [6, 6.07) is 3.56. The maximum absolute atomic E-state index is 12.9. The molecule has 5 heteroatoms. The Bertz CT molecular complexity index is 396. The fourth-order valence-corrected chi connectivity index (χ4v) is 1.92. The van der Waals surface area contributed by atoms with Crippen LogP contribution < -0.4 is 5.32 Å². The molecule has 0 aliphatic heterocycles. The average molecular weight is 337 g/mol. The summed E-state index contributed by atoms with van der Waals surface area (Å²) in [6.07, 6.45) is 0. The van der Waals surface area contributed by atoms with Crippen molar-refractivity contribution < 1.29 is 14.3 Å². The van der Waals surface area contributed by atoms with Gasteiger partial charge in [0.15, 0.2) is 0 Å². The van der Waals surface area contributed by atoms with Crippen molar-refractivity contribution in [3.05, 3.63) is 27.6 Å². The number of benzene rings is 1. The summed E-state index contributed by atoms with van der Waals surface area (Å²) in [4.78, 5) is 11.0. The van der Waals surface area contributed by atoms with Gasteiger partial charge in [-0.1, -0.05) is 13.8 Å². The number of carbonyl (C=O) groups is 1. The summed E-state index contributed by atoms with van der Waals surface area (Å²) in [7, 11) is 0. The molecule has 0 aliphatic carbocycles. The lowest BCUT2D eigenvalue weighted by Crippen LogP contribution is -2.34. The molecule has 0 spiro atoms. The topological polar surface area (TPSA) is 49.3 Å². The third-order valence-corrected chi connectivity index (χ3v) is 3.07. The number of nitrogens with one attached hydrogen (secondary N) is 1. The van der Waals surface area contributed by atoms with Gasteiger partial charge in [0.1, 0.15) is 11.9 Å². The van der Waals surface area contributed by atoms with E-state index in [0.29, 0.717) is 9.26 Å². The highest BCUT2D eigenvalue weighted by molar-refractivity contribution is 14.1. The highest BCUT2D eigenvalue weighted by Gasteiger charge is 2.21. The van der Waals surface area contributed by atoms with Crippen LogP contribution in [0.1, 0.15) is 13.8 Å². The lowest BCUT2D eigenvalue weighted by atomic mass is 10.0. The Hall–Kier alpha value is -0.850. The Morgan fingerprint density at radius 1 is 1.50 bits per heavy atom. The fourth-order valence-electron chi connectivity index (χ4n) is 1.29. The van der Waals surface area contributed by atoms with Gasteiger partial charge in [-0.05, 0) is 46.7 Å². The SMILES string of the molecule is CC(C)C(Nc1ccc(F)cc1I)C(=O)O. The maximum atomic E-state index is 12.9. The molecule has 16 heavy (non-hydrogen) atoms. The zero-order chi connectivity index (χ0) is 12.3. The summed E-state index contributed by atoms with van der Waals surface area (Å²) >= 11 is 1.97. The minimum atomic E-state index is -0.907. The van der Waals surface area contributed by atoms with Gasteiger partial charge in [0.25, 0.3) is 0 Å². The van der Waals surface area contributed by atoms with Gasteiger partial charge in [-0.2, -0.15) is 0 Å². The number of hydrogen-bond acceptors (Lipinski definition) is 2. The van der Waals surface area contributed by atoms with E-state index in [1.165, 1.54) is 12.1 Å². The van der Waals surface area contributed by atoms with E-state index in [9.17, 15) is 9.18 Å². The van der Waals surface area contributed by atoms with Crippen LogP contribution >= 0.6 is 22.6 Å². The van der Waals surface area contributed by atoms with E-state index in [-0.39, 0.29) is 11.7 Å². The second-order valence-corrected chi connectivity index (χ2v) is 4.99. The number of carboxylic acid groups (broad SMARTS) is 1.